The number of pyridine rings is 1. The molecule has 1 amide bonds. The molecule has 2 fully saturated rings. The molecule has 1 aliphatic carbocycles. The number of benzene rings is 1. The van der Waals surface area contributed by atoms with E-state index in [1.54, 1.807) is 24.8 Å². The van der Waals surface area contributed by atoms with E-state index in [0.29, 0.717) is 48.6 Å². The summed E-state index contributed by atoms with van der Waals surface area (Å²) in [4.78, 5) is 22.1. The maximum Gasteiger partial charge on any atom is 0.416 e. The van der Waals surface area contributed by atoms with E-state index in [4.69, 9.17) is 0 Å². The van der Waals surface area contributed by atoms with Crippen molar-refractivity contribution in [2.45, 2.75) is 63.7 Å². The van der Waals surface area contributed by atoms with Gasteiger partial charge in [-0.1, -0.05) is 6.92 Å². The van der Waals surface area contributed by atoms with Crippen LogP contribution in [-0.4, -0.2) is 48.0 Å². The standard InChI is InChI=1S/C32H33F3N8O/c1-20-4-3-8-41(15-20)16-22-10-24-25(26(11-22)32(33,34)35)18-43(29(24)44)27-12-23(17-42-9-7-37-28(27)42)31(13-21(14-31)5-6-36)30-39-38-19-40(30)2/h7,9-12,17,19-21H,3-5,8,13-16,18H2,1-2H3/t20-,21?,31?/m0/s1. The fourth-order valence-electron chi connectivity index (χ4n) is 7.63. The van der Waals surface area contributed by atoms with Crippen LogP contribution >= 0.6 is 0 Å². The Morgan fingerprint density at radius 2 is 2.02 bits per heavy atom. The number of nitriles is 1. The number of alkyl halides is 3. The molecule has 5 heterocycles. The number of carbonyl (C=O) groups is 1. The third-order valence-electron chi connectivity index (χ3n) is 9.66. The highest BCUT2D eigenvalue weighted by molar-refractivity contribution is 6.12. The Bertz CT molecular complexity index is 1800. The zero-order chi connectivity index (χ0) is 30.8. The van der Waals surface area contributed by atoms with E-state index in [-0.39, 0.29) is 23.6 Å². The molecular formula is C32H33F3N8O. The number of amides is 1. The van der Waals surface area contributed by atoms with Crippen molar-refractivity contribution in [1.29, 1.82) is 5.26 Å². The van der Waals surface area contributed by atoms with Crippen molar-refractivity contribution in [3.8, 4) is 6.07 Å². The van der Waals surface area contributed by atoms with Gasteiger partial charge in [0, 0.05) is 50.7 Å². The molecule has 228 valence electrons. The summed E-state index contributed by atoms with van der Waals surface area (Å²) in [5.74, 6) is 0.929. The highest BCUT2D eigenvalue weighted by Gasteiger charge is 2.50. The van der Waals surface area contributed by atoms with Crippen molar-refractivity contribution < 1.29 is 18.0 Å². The van der Waals surface area contributed by atoms with Gasteiger partial charge in [-0.15, -0.1) is 10.2 Å². The zero-order valence-electron chi connectivity index (χ0n) is 24.7. The van der Waals surface area contributed by atoms with Gasteiger partial charge in [0.05, 0.1) is 29.3 Å². The summed E-state index contributed by atoms with van der Waals surface area (Å²) in [7, 11) is 1.87. The highest BCUT2D eigenvalue weighted by atomic mass is 19.4. The average molecular weight is 603 g/mol. The number of piperidine rings is 1. The Kier molecular flexibility index (Phi) is 6.77. The zero-order valence-corrected chi connectivity index (χ0v) is 24.7. The van der Waals surface area contributed by atoms with Gasteiger partial charge in [-0.25, -0.2) is 4.98 Å². The number of fused-ring (bicyclic) bond motifs is 2. The number of nitrogens with zero attached hydrogens (tertiary/aromatic N) is 8. The molecule has 1 atom stereocenters. The summed E-state index contributed by atoms with van der Waals surface area (Å²) in [6.45, 7) is 3.98. The van der Waals surface area contributed by atoms with E-state index in [9.17, 15) is 23.2 Å². The van der Waals surface area contributed by atoms with Crippen LogP contribution in [0.5, 0.6) is 0 Å². The summed E-state index contributed by atoms with van der Waals surface area (Å²) in [5.41, 5.74) is 1.04. The minimum atomic E-state index is -4.60. The highest BCUT2D eigenvalue weighted by Crippen LogP contribution is 2.53. The number of anilines is 1. The van der Waals surface area contributed by atoms with Crippen LogP contribution in [0.1, 0.15) is 77.5 Å². The van der Waals surface area contributed by atoms with Crippen LogP contribution in [0, 0.1) is 23.2 Å². The Balaban J connectivity index is 1.30. The van der Waals surface area contributed by atoms with Crippen LogP contribution in [0.25, 0.3) is 5.65 Å². The molecule has 7 rings (SSSR count). The Hall–Kier alpha value is -4.24. The Labute approximate surface area is 252 Å². The minimum absolute atomic E-state index is 0.00545. The molecule has 1 saturated carbocycles. The second kappa shape index (κ2) is 10.4. The lowest BCUT2D eigenvalue weighted by Crippen LogP contribution is -2.44. The second-order valence-corrected chi connectivity index (χ2v) is 12.8. The van der Waals surface area contributed by atoms with Gasteiger partial charge < -0.3 is 13.9 Å². The van der Waals surface area contributed by atoms with Gasteiger partial charge in [0.1, 0.15) is 12.2 Å². The first kappa shape index (κ1) is 28.5. The first-order valence-electron chi connectivity index (χ1n) is 15.0. The smallest absolute Gasteiger partial charge is 0.320 e. The topological polar surface area (TPSA) is 95.3 Å². The lowest BCUT2D eigenvalue weighted by molar-refractivity contribution is -0.138. The van der Waals surface area contributed by atoms with Crippen molar-refractivity contribution in [3.63, 3.8) is 0 Å². The fourth-order valence-corrected chi connectivity index (χ4v) is 7.63. The number of hydrogen-bond donors (Lipinski definition) is 0. The number of hydrogen-bond acceptors (Lipinski definition) is 6. The van der Waals surface area contributed by atoms with Crippen LogP contribution in [0.4, 0.5) is 18.9 Å². The lowest BCUT2D eigenvalue weighted by Gasteiger charge is -2.46. The van der Waals surface area contributed by atoms with Crippen LogP contribution in [0.3, 0.4) is 0 Å². The van der Waals surface area contributed by atoms with Crippen LogP contribution in [0.2, 0.25) is 0 Å². The molecule has 0 radical (unpaired) electrons. The molecule has 9 nitrogen and oxygen atoms in total. The first-order chi connectivity index (χ1) is 21.1. The normalized spacial score (nSPS) is 24.0. The van der Waals surface area contributed by atoms with Crippen LogP contribution in [0.15, 0.2) is 43.1 Å². The molecule has 4 aromatic rings. The van der Waals surface area contributed by atoms with E-state index in [2.05, 4.69) is 33.1 Å². The lowest BCUT2D eigenvalue weighted by atomic mass is 9.57. The largest absolute Gasteiger partial charge is 0.416 e. The van der Waals surface area contributed by atoms with E-state index in [0.717, 1.165) is 37.3 Å². The fraction of sp³-hybridized carbons (Fsp3) is 0.469. The molecule has 2 aliphatic heterocycles. The molecule has 0 spiro atoms. The summed E-state index contributed by atoms with van der Waals surface area (Å²) in [5, 5.41) is 17.8. The summed E-state index contributed by atoms with van der Waals surface area (Å²) < 4.78 is 47.2. The van der Waals surface area contributed by atoms with Crippen molar-refractivity contribution in [2.24, 2.45) is 18.9 Å². The monoisotopic (exact) mass is 602 g/mol. The first-order valence-corrected chi connectivity index (χ1v) is 15.0. The molecular weight excluding hydrogens is 569 g/mol. The van der Waals surface area contributed by atoms with Gasteiger partial charge in [0.15, 0.2) is 5.65 Å². The van der Waals surface area contributed by atoms with Crippen molar-refractivity contribution in [1.82, 2.24) is 29.0 Å². The Morgan fingerprint density at radius 3 is 2.73 bits per heavy atom. The van der Waals surface area contributed by atoms with E-state index < -0.39 is 23.1 Å². The van der Waals surface area contributed by atoms with Crippen LogP contribution in [-0.2, 0) is 31.7 Å². The number of carbonyl (C=O) groups excluding carboxylic acids is 1. The van der Waals surface area contributed by atoms with Gasteiger partial charge >= 0.3 is 6.18 Å². The molecule has 44 heavy (non-hydrogen) atoms. The van der Waals surface area contributed by atoms with Crippen LogP contribution < -0.4 is 4.90 Å². The number of halogens is 3. The van der Waals surface area contributed by atoms with Gasteiger partial charge in [-0.05, 0) is 79.0 Å². The van der Waals surface area contributed by atoms with E-state index in [1.165, 1.54) is 11.0 Å². The van der Waals surface area contributed by atoms with E-state index in [1.807, 2.05) is 28.3 Å². The molecule has 1 aromatic carbocycles. The molecule has 12 heteroatoms. The molecule has 0 bridgehead atoms. The van der Waals surface area contributed by atoms with Gasteiger partial charge in [0.25, 0.3) is 5.91 Å². The van der Waals surface area contributed by atoms with Gasteiger partial charge in [0.2, 0.25) is 0 Å². The molecule has 3 aliphatic rings. The SMILES string of the molecule is C[C@H]1CCCN(Cc2cc3c(c(C(F)(F)F)c2)CN(c2cc(C4(c5nncn5C)CC(CC#N)C4)cn4ccnc24)C3=O)C1. The van der Waals surface area contributed by atoms with Crippen molar-refractivity contribution >= 4 is 17.2 Å². The maximum absolute atomic E-state index is 14.5. The third-order valence-corrected chi connectivity index (χ3v) is 9.66. The number of likely N-dealkylation sites (tertiary alicyclic amines) is 1. The molecule has 0 N–H and O–H groups in total. The predicted molar refractivity (Wildman–Crippen MR) is 156 cm³/mol. The Morgan fingerprint density at radius 1 is 1.20 bits per heavy atom. The van der Waals surface area contributed by atoms with E-state index >= 15 is 0 Å². The average Bonchev–Trinajstić information content (AvgIpc) is 3.68. The quantitative estimate of drug-likeness (QED) is 0.290. The van der Waals surface area contributed by atoms with Crippen molar-refractivity contribution in [3.05, 3.63) is 76.8 Å². The predicted octanol–water partition coefficient (Wildman–Crippen LogP) is 5.48. The number of imidazole rings is 1. The maximum atomic E-state index is 14.5. The molecule has 3 aromatic heterocycles. The number of aromatic nitrogens is 5. The molecule has 1 saturated heterocycles. The third kappa shape index (κ3) is 4.65. The van der Waals surface area contributed by atoms with Crippen molar-refractivity contribution in [2.75, 3.05) is 18.0 Å². The number of rotatable bonds is 6. The minimum Gasteiger partial charge on any atom is -0.320 e. The van der Waals surface area contributed by atoms with Gasteiger partial charge in [-0.3, -0.25) is 9.69 Å². The summed E-state index contributed by atoms with van der Waals surface area (Å²) in [6, 6.07) is 7.00. The van der Waals surface area contributed by atoms with Gasteiger partial charge in [-0.2, -0.15) is 18.4 Å². The summed E-state index contributed by atoms with van der Waals surface area (Å²) >= 11 is 0. The number of aryl methyl sites for hydroxylation is 1. The second-order valence-electron chi connectivity index (χ2n) is 12.8. The molecule has 0 unspecified atom stereocenters. The summed E-state index contributed by atoms with van der Waals surface area (Å²) in [6.07, 6.45) is 6.21.